The van der Waals surface area contributed by atoms with Crippen molar-refractivity contribution >= 4 is 12.2 Å². The minimum atomic E-state index is -1.59. The van der Waals surface area contributed by atoms with E-state index in [4.69, 9.17) is 5.26 Å². The number of alkyl carbamates (subject to hydrolysis) is 1. The van der Waals surface area contributed by atoms with Crippen LogP contribution in [0.15, 0.2) is 0 Å². The highest BCUT2D eigenvalue weighted by Gasteiger charge is 2.11. The molecule has 0 heterocycles. The molecule has 0 saturated carbocycles. The fourth-order valence-corrected chi connectivity index (χ4v) is 0.235. The van der Waals surface area contributed by atoms with Crippen LogP contribution in [-0.2, 0) is 14.6 Å². The summed E-state index contributed by atoms with van der Waals surface area (Å²) in [5.74, 6) is 0. The molecule has 10 nitrogen and oxygen atoms in total. The van der Waals surface area contributed by atoms with Crippen molar-refractivity contribution in [3.05, 3.63) is 10.1 Å². The number of hydrogen-bond acceptors (Lipinski definition) is 8. The Bertz CT molecular complexity index is 267. The van der Waals surface area contributed by atoms with Crippen molar-refractivity contribution in [3.63, 3.8) is 0 Å². The Kier molecular flexibility index (Phi) is 4.12. The zero-order valence-electron chi connectivity index (χ0n) is 5.75. The third kappa shape index (κ3) is 5.85. The van der Waals surface area contributed by atoms with Gasteiger partial charge in [0.2, 0.25) is 0 Å². The van der Waals surface area contributed by atoms with Gasteiger partial charge in [-0.05, 0) is 0 Å². The number of nitriles is 1. The Balaban J connectivity index is 3.69. The lowest BCUT2D eigenvalue weighted by molar-refractivity contribution is -0.839. The van der Waals surface area contributed by atoms with Gasteiger partial charge in [-0.3, -0.25) is 0 Å². The average Bonchev–Trinajstić information content (AvgIpc) is 2.01. The molecule has 0 aromatic rings. The van der Waals surface area contributed by atoms with E-state index in [1.807, 2.05) is 0 Å². The van der Waals surface area contributed by atoms with Crippen LogP contribution in [0.5, 0.6) is 0 Å². The molecular formula is C3HN3O7. The number of nitrogens with one attached hydrogen (secondary N) is 1. The summed E-state index contributed by atoms with van der Waals surface area (Å²) in [6, 6.07) is 0. The number of carbonyl (C=O) groups is 2. The quantitative estimate of drug-likeness (QED) is 0.265. The zero-order chi connectivity index (χ0) is 10.3. The third-order valence-corrected chi connectivity index (χ3v) is 0.516. The highest BCUT2D eigenvalue weighted by molar-refractivity contribution is 5.87. The van der Waals surface area contributed by atoms with Crippen molar-refractivity contribution in [2.45, 2.75) is 0 Å². The minimum absolute atomic E-state index is 0.943. The number of rotatable bonds is 2. The van der Waals surface area contributed by atoms with Crippen LogP contribution in [0.4, 0.5) is 9.59 Å². The van der Waals surface area contributed by atoms with Crippen LogP contribution in [0, 0.1) is 21.6 Å². The molecular weight excluding hydrogens is 190 g/mol. The normalized spacial score (nSPS) is 7.62. The fourth-order valence-electron chi connectivity index (χ4n) is 0.235. The van der Waals surface area contributed by atoms with Crippen LogP contribution in [0.25, 0.3) is 0 Å². The predicted octanol–water partition coefficient (Wildman–Crippen LogP) is -0.546. The third-order valence-electron chi connectivity index (χ3n) is 0.516. The molecule has 0 unspecified atom stereocenters. The maximum absolute atomic E-state index is 10.3. The van der Waals surface area contributed by atoms with Crippen LogP contribution >= 0.6 is 0 Å². The van der Waals surface area contributed by atoms with Crippen molar-refractivity contribution in [3.8, 4) is 6.26 Å². The molecule has 13 heavy (non-hydrogen) atoms. The number of imide groups is 1. The van der Waals surface area contributed by atoms with Gasteiger partial charge >= 0.3 is 17.3 Å². The predicted molar refractivity (Wildman–Crippen MR) is 29.8 cm³/mol. The van der Waals surface area contributed by atoms with E-state index in [0.717, 1.165) is 6.26 Å². The van der Waals surface area contributed by atoms with Gasteiger partial charge in [0.05, 0.1) is 0 Å². The molecule has 0 bridgehead atoms. The molecule has 70 valence electrons. The van der Waals surface area contributed by atoms with E-state index in [1.165, 1.54) is 5.32 Å². The zero-order valence-corrected chi connectivity index (χ0v) is 5.75. The summed E-state index contributed by atoms with van der Waals surface area (Å²) in [6.45, 7) is 0. The second-order valence-electron chi connectivity index (χ2n) is 1.27. The van der Waals surface area contributed by atoms with Gasteiger partial charge in [-0.25, -0.2) is 19.8 Å². The first-order valence-electron chi connectivity index (χ1n) is 2.46. The second kappa shape index (κ2) is 5.13. The van der Waals surface area contributed by atoms with Crippen molar-refractivity contribution in [1.82, 2.24) is 5.32 Å². The number of carbonyl (C=O) groups excluding carboxylic acids is 2. The van der Waals surface area contributed by atoms with Crippen molar-refractivity contribution in [2.24, 2.45) is 0 Å². The summed E-state index contributed by atoms with van der Waals surface area (Å²) in [5.41, 5.74) is 0. The maximum Gasteiger partial charge on any atom is 0.449 e. The van der Waals surface area contributed by atoms with Gasteiger partial charge in [-0.15, -0.1) is 15.4 Å². The Labute approximate surface area is 69.6 Å². The van der Waals surface area contributed by atoms with Gasteiger partial charge in [0.15, 0.2) is 0 Å². The Morgan fingerprint density at radius 3 is 2.54 bits per heavy atom. The number of amides is 2. The molecule has 0 aromatic carbocycles. The number of hydrogen-bond donors (Lipinski definition) is 1. The first-order chi connectivity index (χ1) is 6.06. The molecule has 10 heteroatoms. The fraction of sp³-hybridized carbons (Fsp3) is 0. The van der Waals surface area contributed by atoms with Gasteiger partial charge in [0, 0.05) is 0 Å². The number of ether oxygens (including phenoxy) is 1. The van der Waals surface area contributed by atoms with E-state index < -0.39 is 17.3 Å². The van der Waals surface area contributed by atoms with Crippen LogP contribution in [0.1, 0.15) is 0 Å². The summed E-state index contributed by atoms with van der Waals surface area (Å²) in [4.78, 5) is 36.4. The van der Waals surface area contributed by atoms with Gasteiger partial charge in [-0.2, -0.15) is 0 Å². The molecule has 0 aromatic heterocycles. The van der Waals surface area contributed by atoms with Crippen molar-refractivity contribution in [1.29, 1.82) is 5.26 Å². The monoisotopic (exact) mass is 191 g/mol. The van der Waals surface area contributed by atoms with E-state index in [0.29, 0.717) is 0 Å². The van der Waals surface area contributed by atoms with Gasteiger partial charge < -0.3 is 4.74 Å². The van der Waals surface area contributed by atoms with Crippen molar-refractivity contribution in [2.75, 3.05) is 0 Å². The summed E-state index contributed by atoms with van der Waals surface area (Å²) < 4.78 is 3.55. The van der Waals surface area contributed by atoms with E-state index in [9.17, 15) is 19.7 Å². The smallest absolute Gasteiger partial charge is 0.333 e. The van der Waals surface area contributed by atoms with Crippen LogP contribution in [-0.4, -0.2) is 17.3 Å². The number of nitrogens with zero attached hydrogens (tertiary/aromatic N) is 2. The van der Waals surface area contributed by atoms with E-state index in [1.54, 1.807) is 0 Å². The molecule has 0 saturated heterocycles. The summed E-state index contributed by atoms with van der Waals surface area (Å²) >= 11 is 0. The van der Waals surface area contributed by atoms with Crippen LogP contribution < -0.4 is 5.32 Å². The second-order valence-corrected chi connectivity index (χ2v) is 1.27. The lowest BCUT2D eigenvalue weighted by Gasteiger charge is -1.97. The molecule has 1 N–H and O–H groups in total. The van der Waals surface area contributed by atoms with Crippen LogP contribution in [0.2, 0.25) is 0 Å². The Hall–Kier alpha value is -2.57. The van der Waals surface area contributed by atoms with Crippen LogP contribution in [0.3, 0.4) is 0 Å². The molecule has 2 amide bonds. The SMILES string of the molecule is N#COC(=O)NC(=O)OO[N+](=O)[O-]. The summed E-state index contributed by atoms with van der Waals surface area (Å²) in [6.07, 6.45) is -2.09. The minimum Gasteiger partial charge on any atom is -0.333 e. The van der Waals surface area contributed by atoms with Gasteiger partial charge in [-0.1, -0.05) is 4.99 Å². The largest absolute Gasteiger partial charge is 0.449 e. The van der Waals surface area contributed by atoms with E-state index in [2.05, 4.69) is 14.6 Å². The molecule has 0 aliphatic heterocycles. The first-order valence-corrected chi connectivity index (χ1v) is 2.46. The summed E-state index contributed by atoms with van der Waals surface area (Å²) in [7, 11) is 0. The Morgan fingerprint density at radius 1 is 1.46 bits per heavy atom. The van der Waals surface area contributed by atoms with E-state index in [-0.39, 0.29) is 0 Å². The van der Waals surface area contributed by atoms with E-state index >= 15 is 0 Å². The topological polar surface area (TPSA) is 141 Å². The average molecular weight is 191 g/mol. The van der Waals surface area contributed by atoms with Gasteiger partial charge in [0.1, 0.15) is 0 Å². The molecule has 0 aliphatic carbocycles. The van der Waals surface area contributed by atoms with Gasteiger partial charge in [0.25, 0.3) is 6.26 Å². The highest BCUT2D eigenvalue weighted by Crippen LogP contribution is 1.82. The standard InChI is InChI=1S/C3HN3O7/c4-1-11-2(7)5-3(8)12-13-6(9)10/h(H,5,7,8). The summed E-state index contributed by atoms with van der Waals surface area (Å²) in [5, 5.41) is 17.0. The molecule has 0 spiro atoms. The molecule has 0 atom stereocenters. The highest BCUT2D eigenvalue weighted by atomic mass is 17.3. The molecule has 0 fully saturated rings. The molecule has 0 aliphatic rings. The lowest BCUT2D eigenvalue weighted by Crippen LogP contribution is -2.31. The molecule has 0 radical (unpaired) electrons. The first kappa shape index (κ1) is 10.4. The van der Waals surface area contributed by atoms with Crippen molar-refractivity contribution < 1.29 is 29.3 Å². The Morgan fingerprint density at radius 2 is 2.08 bits per heavy atom. The molecule has 0 rings (SSSR count). The lowest BCUT2D eigenvalue weighted by atomic mass is 11.0. The maximum atomic E-state index is 10.3.